The number of carbonyl (C=O) groups excluding carboxylic acids is 2. The highest BCUT2D eigenvalue weighted by molar-refractivity contribution is 5.81. The molecule has 1 aromatic carbocycles. The molecule has 0 unspecified atom stereocenters. The summed E-state index contributed by atoms with van der Waals surface area (Å²) < 4.78 is 10.6. The lowest BCUT2D eigenvalue weighted by molar-refractivity contribution is -0.305. The van der Waals surface area contributed by atoms with E-state index in [2.05, 4.69) is 0 Å². The van der Waals surface area contributed by atoms with Gasteiger partial charge in [0.05, 0.1) is 20.3 Å². The Balaban J connectivity index is 2.23. The Morgan fingerprint density at radius 1 is 1.23 bits per heavy atom. The van der Waals surface area contributed by atoms with E-state index in [4.69, 9.17) is 9.47 Å². The molecule has 0 radical (unpaired) electrons. The number of ether oxygens (including phenoxy) is 2. The first-order valence-electron chi connectivity index (χ1n) is 7.22. The minimum absolute atomic E-state index is 0.0324. The molecule has 1 amide bonds. The Kier molecular flexibility index (Phi) is 4.90. The zero-order valence-electron chi connectivity index (χ0n) is 13.0. The zero-order valence-corrected chi connectivity index (χ0v) is 13.0. The summed E-state index contributed by atoms with van der Waals surface area (Å²) in [5.41, 5.74) is 2.12. The third kappa shape index (κ3) is 3.16. The smallest absolute Gasteiger partial charge is 0.223 e. The molecule has 0 aromatic heterocycles. The molecule has 6 heteroatoms. The van der Waals surface area contributed by atoms with Crippen molar-refractivity contribution in [1.29, 1.82) is 0 Å². The summed E-state index contributed by atoms with van der Waals surface area (Å²) >= 11 is 0. The number of amides is 1. The van der Waals surface area contributed by atoms with Gasteiger partial charge in [0.1, 0.15) is 0 Å². The number of carboxylic acids is 1. The van der Waals surface area contributed by atoms with Crippen LogP contribution < -0.4 is 14.6 Å². The van der Waals surface area contributed by atoms with Crippen LogP contribution in [0.2, 0.25) is 0 Å². The summed E-state index contributed by atoms with van der Waals surface area (Å²) in [6.45, 7) is 2.50. The van der Waals surface area contributed by atoms with Crippen molar-refractivity contribution >= 4 is 11.9 Å². The summed E-state index contributed by atoms with van der Waals surface area (Å²) in [6.07, 6.45) is 0.424. The molecule has 1 aromatic rings. The molecule has 0 spiro atoms. The summed E-state index contributed by atoms with van der Waals surface area (Å²) in [4.78, 5) is 24.4. The predicted octanol–water partition coefficient (Wildman–Crippen LogP) is 0.680. The van der Waals surface area contributed by atoms with Gasteiger partial charge >= 0.3 is 0 Å². The second-order valence-electron chi connectivity index (χ2n) is 5.29. The van der Waals surface area contributed by atoms with Crippen LogP contribution in [-0.2, 0) is 16.0 Å². The first-order valence-corrected chi connectivity index (χ1v) is 7.22. The maximum atomic E-state index is 12.2. The maximum Gasteiger partial charge on any atom is 0.223 e. The summed E-state index contributed by atoms with van der Waals surface area (Å²) in [6, 6.07) is 3.70. The van der Waals surface area contributed by atoms with Crippen LogP contribution in [0.25, 0.3) is 0 Å². The van der Waals surface area contributed by atoms with Crippen LogP contribution in [0.1, 0.15) is 36.9 Å². The highest BCUT2D eigenvalue weighted by Gasteiger charge is 2.28. The van der Waals surface area contributed by atoms with Crippen molar-refractivity contribution in [1.82, 2.24) is 4.90 Å². The van der Waals surface area contributed by atoms with E-state index in [1.54, 1.807) is 19.1 Å². The quantitative estimate of drug-likeness (QED) is 0.799. The molecule has 1 atom stereocenters. The number of benzene rings is 1. The monoisotopic (exact) mass is 306 g/mol. The Hall–Kier alpha value is -2.24. The van der Waals surface area contributed by atoms with E-state index in [0.717, 1.165) is 11.1 Å². The van der Waals surface area contributed by atoms with Crippen LogP contribution in [-0.4, -0.2) is 37.5 Å². The molecule has 2 rings (SSSR count). The molecule has 0 N–H and O–H groups in total. The lowest BCUT2D eigenvalue weighted by Crippen LogP contribution is -2.39. The van der Waals surface area contributed by atoms with E-state index in [1.807, 2.05) is 19.1 Å². The Bertz CT molecular complexity index is 584. The number of fused-ring (bicyclic) bond motifs is 1. The number of hydrogen-bond donors (Lipinski definition) is 0. The van der Waals surface area contributed by atoms with E-state index in [9.17, 15) is 14.7 Å². The third-order valence-electron chi connectivity index (χ3n) is 4.05. The van der Waals surface area contributed by atoms with E-state index < -0.39 is 5.97 Å². The molecule has 1 aliphatic rings. The molecule has 0 saturated heterocycles. The van der Waals surface area contributed by atoms with Crippen molar-refractivity contribution in [2.75, 3.05) is 20.8 Å². The second kappa shape index (κ2) is 6.68. The number of methoxy groups -OCH3 is 2. The van der Waals surface area contributed by atoms with Crippen LogP contribution in [0.15, 0.2) is 12.1 Å². The van der Waals surface area contributed by atoms with Gasteiger partial charge in [-0.05, 0) is 43.0 Å². The maximum absolute atomic E-state index is 12.2. The predicted molar refractivity (Wildman–Crippen MR) is 77.6 cm³/mol. The van der Waals surface area contributed by atoms with Crippen molar-refractivity contribution in [3.63, 3.8) is 0 Å². The SMILES string of the molecule is COc1cc2c(cc1OC)[C@@H](C)N(C(=O)CCC(=O)[O-])CC2. The number of aliphatic carboxylic acids is 1. The van der Waals surface area contributed by atoms with Crippen molar-refractivity contribution < 1.29 is 24.2 Å². The minimum Gasteiger partial charge on any atom is -0.550 e. The van der Waals surface area contributed by atoms with Gasteiger partial charge in [0.25, 0.3) is 0 Å². The minimum atomic E-state index is -1.20. The standard InChI is InChI=1S/C16H21NO5/c1-10-12-9-14(22-3)13(21-2)8-11(12)6-7-17(10)15(18)4-5-16(19)20/h8-10H,4-7H2,1-3H3,(H,19,20)/p-1/t10-/m1/s1. The number of nitrogens with zero attached hydrogens (tertiary/aromatic N) is 1. The van der Waals surface area contributed by atoms with E-state index >= 15 is 0 Å². The molecule has 120 valence electrons. The van der Waals surface area contributed by atoms with Gasteiger partial charge in [-0.25, -0.2) is 0 Å². The van der Waals surface area contributed by atoms with Crippen LogP contribution in [0.4, 0.5) is 0 Å². The van der Waals surface area contributed by atoms with E-state index in [0.29, 0.717) is 24.5 Å². The molecule has 0 bridgehead atoms. The van der Waals surface area contributed by atoms with Gasteiger partial charge in [-0.3, -0.25) is 4.79 Å². The summed E-state index contributed by atoms with van der Waals surface area (Å²) in [7, 11) is 3.16. The van der Waals surface area contributed by atoms with Crippen molar-refractivity contribution in [2.45, 2.75) is 32.2 Å². The number of hydrogen-bond acceptors (Lipinski definition) is 5. The summed E-state index contributed by atoms with van der Waals surface area (Å²) in [5.74, 6) is -0.0794. The number of rotatable bonds is 5. The summed E-state index contributed by atoms with van der Waals surface area (Å²) in [5, 5.41) is 10.5. The van der Waals surface area contributed by atoms with Crippen LogP contribution in [0.3, 0.4) is 0 Å². The molecule has 0 saturated carbocycles. The van der Waals surface area contributed by atoms with Crippen LogP contribution in [0, 0.1) is 0 Å². The number of carboxylic acid groups (broad SMARTS) is 1. The first-order chi connectivity index (χ1) is 10.5. The van der Waals surface area contributed by atoms with Gasteiger partial charge in [0, 0.05) is 18.9 Å². The highest BCUT2D eigenvalue weighted by Crippen LogP contribution is 2.38. The van der Waals surface area contributed by atoms with Gasteiger partial charge in [0.2, 0.25) is 5.91 Å². The van der Waals surface area contributed by atoms with Crippen LogP contribution in [0.5, 0.6) is 11.5 Å². The highest BCUT2D eigenvalue weighted by atomic mass is 16.5. The average molecular weight is 306 g/mol. The number of carbonyl (C=O) groups is 2. The van der Waals surface area contributed by atoms with Crippen molar-refractivity contribution in [3.05, 3.63) is 23.3 Å². The second-order valence-corrected chi connectivity index (χ2v) is 5.29. The van der Waals surface area contributed by atoms with E-state index in [-0.39, 0.29) is 24.8 Å². The molecular formula is C16H20NO5-. The molecule has 0 fully saturated rings. The molecule has 22 heavy (non-hydrogen) atoms. The van der Waals surface area contributed by atoms with Gasteiger partial charge < -0.3 is 24.3 Å². The first kappa shape index (κ1) is 16.1. The fourth-order valence-electron chi connectivity index (χ4n) is 2.84. The Morgan fingerprint density at radius 2 is 1.86 bits per heavy atom. The van der Waals surface area contributed by atoms with Gasteiger partial charge in [-0.15, -0.1) is 0 Å². The third-order valence-corrected chi connectivity index (χ3v) is 4.05. The lowest BCUT2D eigenvalue weighted by Gasteiger charge is -2.36. The topological polar surface area (TPSA) is 78.9 Å². The lowest BCUT2D eigenvalue weighted by atomic mass is 9.92. The zero-order chi connectivity index (χ0) is 16.3. The van der Waals surface area contributed by atoms with Gasteiger partial charge in [-0.1, -0.05) is 0 Å². The largest absolute Gasteiger partial charge is 0.550 e. The molecule has 1 heterocycles. The van der Waals surface area contributed by atoms with Gasteiger partial charge in [-0.2, -0.15) is 0 Å². The molecule has 1 aliphatic heterocycles. The average Bonchev–Trinajstić information content (AvgIpc) is 2.51. The fourth-order valence-corrected chi connectivity index (χ4v) is 2.84. The fraction of sp³-hybridized carbons (Fsp3) is 0.500. The van der Waals surface area contributed by atoms with Crippen molar-refractivity contribution in [2.24, 2.45) is 0 Å². The van der Waals surface area contributed by atoms with Crippen molar-refractivity contribution in [3.8, 4) is 11.5 Å². The molecular weight excluding hydrogens is 286 g/mol. The molecule has 6 nitrogen and oxygen atoms in total. The van der Waals surface area contributed by atoms with Crippen LogP contribution >= 0.6 is 0 Å². The van der Waals surface area contributed by atoms with E-state index in [1.165, 1.54) is 0 Å². The normalized spacial score (nSPS) is 16.9. The Labute approximate surface area is 129 Å². The Morgan fingerprint density at radius 3 is 2.45 bits per heavy atom. The van der Waals surface area contributed by atoms with Gasteiger partial charge in [0.15, 0.2) is 11.5 Å². The molecule has 0 aliphatic carbocycles.